The number of aliphatic hydroxyl groups excluding tert-OH is 1. The molecule has 1 aromatic carbocycles. The monoisotopic (exact) mass is 326 g/mol. The molecule has 3 N–H and O–H groups in total. The molecule has 2 rings (SSSR count). The maximum absolute atomic E-state index is 12.0. The fourth-order valence-corrected chi connectivity index (χ4v) is 2.71. The minimum absolute atomic E-state index is 0.291. The fourth-order valence-electron chi connectivity index (χ4n) is 2.49. The Morgan fingerprint density at radius 3 is 2.86 bits per heavy atom. The first kappa shape index (κ1) is 17.2. The Bertz CT molecular complexity index is 492. The van der Waals surface area contributed by atoms with Crippen LogP contribution >= 0.6 is 11.6 Å². The van der Waals surface area contributed by atoms with E-state index in [1.54, 1.807) is 12.1 Å². The highest BCUT2D eigenvalue weighted by Gasteiger charge is 2.25. The molecular formula is C16H23ClN2O3. The van der Waals surface area contributed by atoms with Crippen molar-refractivity contribution >= 4 is 17.5 Å². The van der Waals surface area contributed by atoms with Crippen LogP contribution in [0, 0.1) is 0 Å². The van der Waals surface area contributed by atoms with Crippen molar-refractivity contribution < 1.29 is 14.6 Å². The number of ether oxygens (including phenoxy) is 1. The maximum atomic E-state index is 12.0. The number of halogens is 1. The number of hydrogen-bond donors (Lipinski definition) is 3. The van der Waals surface area contributed by atoms with E-state index in [0.29, 0.717) is 17.6 Å². The van der Waals surface area contributed by atoms with Crippen molar-refractivity contribution in [3.63, 3.8) is 0 Å². The summed E-state index contributed by atoms with van der Waals surface area (Å²) in [7, 11) is 0. The van der Waals surface area contributed by atoms with Gasteiger partial charge in [0.15, 0.2) is 0 Å². The molecule has 2 atom stereocenters. The molecule has 1 fully saturated rings. The quantitative estimate of drug-likeness (QED) is 0.740. The van der Waals surface area contributed by atoms with Crippen LogP contribution in [0.1, 0.15) is 25.3 Å². The third kappa shape index (κ3) is 5.25. The minimum atomic E-state index is -1.08. The molecule has 22 heavy (non-hydrogen) atoms. The zero-order valence-corrected chi connectivity index (χ0v) is 13.5. The fraction of sp³-hybridized carbons (Fsp3) is 0.562. The number of carbonyl (C=O) groups is 1. The zero-order chi connectivity index (χ0) is 15.9. The van der Waals surface area contributed by atoms with Gasteiger partial charge in [0, 0.05) is 36.9 Å². The van der Waals surface area contributed by atoms with Crippen LogP contribution in [-0.4, -0.2) is 42.4 Å². The molecule has 0 saturated carbocycles. The SMILES string of the molecule is CC(NC1CCOCC1)C(O)C(=O)NCc1cccc(Cl)c1. The standard InChI is InChI=1S/C16H23ClN2O3/c1-11(19-14-5-7-22-8-6-14)15(20)16(21)18-10-12-3-2-4-13(17)9-12/h2-4,9,11,14-15,19-20H,5-8,10H2,1H3,(H,18,21). The van der Waals surface area contributed by atoms with Crippen molar-refractivity contribution in [2.75, 3.05) is 13.2 Å². The van der Waals surface area contributed by atoms with Crippen molar-refractivity contribution in [2.24, 2.45) is 0 Å². The summed E-state index contributed by atoms with van der Waals surface area (Å²) < 4.78 is 5.29. The molecule has 2 unspecified atom stereocenters. The van der Waals surface area contributed by atoms with E-state index in [2.05, 4.69) is 10.6 Å². The largest absolute Gasteiger partial charge is 0.382 e. The Balaban J connectivity index is 1.77. The van der Waals surface area contributed by atoms with Gasteiger partial charge in [-0.05, 0) is 37.5 Å². The Labute approximate surface area is 136 Å². The van der Waals surface area contributed by atoms with Gasteiger partial charge in [0.25, 0.3) is 5.91 Å². The van der Waals surface area contributed by atoms with E-state index >= 15 is 0 Å². The topological polar surface area (TPSA) is 70.6 Å². The first-order chi connectivity index (χ1) is 10.6. The number of rotatable bonds is 6. The van der Waals surface area contributed by atoms with Crippen LogP contribution < -0.4 is 10.6 Å². The van der Waals surface area contributed by atoms with E-state index in [0.717, 1.165) is 31.6 Å². The van der Waals surface area contributed by atoms with Crippen molar-refractivity contribution in [2.45, 2.75) is 44.5 Å². The second kappa shape index (κ2) is 8.48. The summed E-state index contributed by atoms with van der Waals surface area (Å²) in [5.41, 5.74) is 0.901. The summed E-state index contributed by atoms with van der Waals surface area (Å²) in [5.74, 6) is -0.382. The average Bonchev–Trinajstić information content (AvgIpc) is 2.53. The maximum Gasteiger partial charge on any atom is 0.250 e. The normalized spacial score (nSPS) is 18.7. The van der Waals surface area contributed by atoms with Gasteiger partial charge in [0.05, 0.1) is 0 Å². The van der Waals surface area contributed by atoms with Crippen LogP contribution in [0.4, 0.5) is 0 Å². The van der Waals surface area contributed by atoms with Gasteiger partial charge in [-0.15, -0.1) is 0 Å². The lowest BCUT2D eigenvalue weighted by Gasteiger charge is -2.28. The molecule has 6 heteroatoms. The van der Waals surface area contributed by atoms with Gasteiger partial charge < -0.3 is 20.5 Å². The Kier molecular flexibility index (Phi) is 6.64. The van der Waals surface area contributed by atoms with Gasteiger partial charge >= 0.3 is 0 Å². The van der Waals surface area contributed by atoms with Gasteiger partial charge in [-0.25, -0.2) is 0 Å². The molecule has 0 bridgehead atoms. The summed E-state index contributed by atoms with van der Waals surface area (Å²) in [6.45, 7) is 3.61. The smallest absolute Gasteiger partial charge is 0.250 e. The molecule has 1 heterocycles. The molecule has 1 saturated heterocycles. The van der Waals surface area contributed by atoms with Crippen LogP contribution in [0.5, 0.6) is 0 Å². The summed E-state index contributed by atoms with van der Waals surface area (Å²) >= 11 is 5.90. The van der Waals surface area contributed by atoms with Gasteiger partial charge in [-0.3, -0.25) is 4.79 Å². The number of benzene rings is 1. The van der Waals surface area contributed by atoms with E-state index in [-0.39, 0.29) is 11.9 Å². The van der Waals surface area contributed by atoms with E-state index < -0.39 is 6.10 Å². The highest BCUT2D eigenvalue weighted by molar-refractivity contribution is 6.30. The predicted molar refractivity (Wildman–Crippen MR) is 85.7 cm³/mol. The number of hydrogen-bond acceptors (Lipinski definition) is 4. The molecule has 1 aliphatic heterocycles. The lowest BCUT2D eigenvalue weighted by molar-refractivity contribution is -0.130. The van der Waals surface area contributed by atoms with Crippen LogP contribution in [0.2, 0.25) is 5.02 Å². The first-order valence-electron chi connectivity index (χ1n) is 7.60. The Morgan fingerprint density at radius 1 is 1.45 bits per heavy atom. The average molecular weight is 327 g/mol. The second-order valence-electron chi connectivity index (χ2n) is 5.63. The number of aliphatic hydroxyl groups is 1. The van der Waals surface area contributed by atoms with E-state index in [1.165, 1.54) is 0 Å². The molecular weight excluding hydrogens is 304 g/mol. The van der Waals surface area contributed by atoms with Crippen molar-refractivity contribution in [3.8, 4) is 0 Å². The molecule has 0 spiro atoms. The van der Waals surface area contributed by atoms with E-state index in [9.17, 15) is 9.90 Å². The molecule has 5 nitrogen and oxygen atoms in total. The van der Waals surface area contributed by atoms with Crippen molar-refractivity contribution in [3.05, 3.63) is 34.9 Å². The van der Waals surface area contributed by atoms with Gasteiger partial charge in [-0.1, -0.05) is 23.7 Å². The Hall–Kier alpha value is -1.14. The summed E-state index contributed by atoms with van der Waals surface area (Å²) in [4.78, 5) is 12.0. The molecule has 122 valence electrons. The summed E-state index contributed by atoms with van der Waals surface area (Å²) in [6, 6.07) is 7.26. The highest BCUT2D eigenvalue weighted by Crippen LogP contribution is 2.11. The van der Waals surface area contributed by atoms with Crippen LogP contribution in [0.25, 0.3) is 0 Å². The summed E-state index contributed by atoms with van der Waals surface area (Å²) in [5, 5.41) is 16.8. The van der Waals surface area contributed by atoms with Crippen LogP contribution in [0.15, 0.2) is 24.3 Å². The number of amides is 1. The number of carbonyl (C=O) groups excluding carboxylic acids is 1. The van der Waals surface area contributed by atoms with E-state index in [4.69, 9.17) is 16.3 Å². The molecule has 0 aliphatic carbocycles. The van der Waals surface area contributed by atoms with Gasteiger partial charge in [-0.2, -0.15) is 0 Å². The highest BCUT2D eigenvalue weighted by atomic mass is 35.5. The zero-order valence-electron chi connectivity index (χ0n) is 12.7. The van der Waals surface area contributed by atoms with Crippen LogP contribution in [0.3, 0.4) is 0 Å². The predicted octanol–water partition coefficient (Wildman–Crippen LogP) is 1.47. The number of nitrogens with one attached hydrogen (secondary N) is 2. The van der Waals surface area contributed by atoms with Crippen LogP contribution in [-0.2, 0) is 16.1 Å². The first-order valence-corrected chi connectivity index (χ1v) is 7.98. The Morgan fingerprint density at radius 2 is 2.18 bits per heavy atom. The third-order valence-electron chi connectivity index (χ3n) is 3.82. The van der Waals surface area contributed by atoms with Gasteiger partial charge in [0.1, 0.15) is 6.10 Å². The van der Waals surface area contributed by atoms with Crippen molar-refractivity contribution in [1.29, 1.82) is 0 Å². The molecule has 0 aromatic heterocycles. The lowest BCUT2D eigenvalue weighted by Crippen LogP contribution is -2.51. The molecule has 1 amide bonds. The van der Waals surface area contributed by atoms with Gasteiger partial charge in [0.2, 0.25) is 0 Å². The second-order valence-corrected chi connectivity index (χ2v) is 6.07. The van der Waals surface area contributed by atoms with Crippen molar-refractivity contribution in [1.82, 2.24) is 10.6 Å². The summed E-state index contributed by atoms with van der Waals surface area (Å²) in [6.07, 6.45) is 0.726. The third-order valence-corrected chi connectivity index (χ3v) is 4.05. The molecule has 1 aliphatic rings. The molecule has 0 radical (unpaired) electrons. The minimum Gasteiger partial charge on any atom is -0.382 e. The van der Waals surface area contributed by atoms with E-state index in [1.807, 2.05) is 19.1 Å². The lowest BCUT2D eigenvalue weighted by atomic mass is 10.1. The molecule has 1 aromatic rings.